The molecule has 14 heavy (non-hydrogen) atoms. The average Bonchev–Trinajstić information content (AvgIpc) is 2.14. The smallest absolute Gasteiger partial charge is 0.314 e. The number of rotatable bonds is 6. The van der Waals surface area contributed by atoms with Crippen LogP contribution in [-0.2, 0) is 14.3 Å². The van der Waals surface area contributed by atoms with E-state index in [9.17, 15) is 4.79 Å². The summed E-state index contributed by atoms with van der Waals surface area (Å²) in [4.78, 5) is 11.8. The molecule has 0 N–H and O–H groups in total. The number of methoxy groups -OCH3 is 1. The first-order valence-electron chi connectivity index (χ1n) is 5.21. The van der Waals surface area contributed by atoms with E-state index in [0.717, 1.165) is 6.42 Å². The van der Waals surface area contributed by atoms with E-state index in [1.807, 2.05) is 27.7 Å². The van der Waals surface area contributed by atoms with Gasteiger partial charge in [-0.1, -0.05) is 20.8 Å². The fourth-order valence-corrected chi connectivity index (χ4v) is 1.65. The summed E-state index contributed by atoms with van der Waals surface area (Å²) in [6.07, 6.45) is 0.747. The van der Waals surface area contributed by atoms with Crippen LogP contribution in [-0.4, -0.2) is 26.3 Å². The lowest BCUT2D eigenvalue weighted by Gasteiger charge is -2.33. The van der Waals surface area contributed by atoms with Crippen LogP contribution in [0.4, 0.5) is 0 Å². The van der Waals surface area contributed by atoms with Crippen molar-refractivity contribution in [2.24, 2.45) is 11.3 Å². The summed E-state index contributed by atoms with van der Waals surface area (Å²) < 4.78 is 10.2. The molecule has 1 unspecified atom stereocenters. The third kappa shape index (κ3) is 2.71. The van der Waals surface area contributed by atoms with Crippen LogP contribution >= 0.6 is 0 Å². The Morgan fingerprint density at radius 1 is 1.36 bits per heavy atom. The van der Waals surface area contributed by atoms with Gasteiger partial charge in [0.05, 0.1) is 18.6 Å². The highest BCUT2D eigenvalue weighted by molar-refractivity contribution is 5.77. The van der Waals surface area contributed by atoms with Gasteiger partial charge in [-0.05, 0) is 19.3 Å². The molecule has 0 aliphatic heterocycles. The van der Waals surface area contributed by atoms with Crippen LogP contribution in [0.25, 0.3) is 0 Å². The highest BCUT2D eigenvalue weighted by Crippen LogP contribution is 2.33. The predicted molar refractivity (Wildman–Crippen MR) is 56.1 cm³/mol. The molecule has 0 heterocycles. The lowest BCUT2D eigenvalue weighted by atomic mass is 9.75. The Morgan fingerprint density at radius 3 is 2.21 bits per heavy atom. The molecule has 0 amide bonds. The quantitative estimate of drug-likeness (QED) is 0.620. The second-order valence-electron chi connectivity index (χ2n) is 3.82. The topological polar surface area (TPSA) is 35.5 Å². The van der Waals surface area contributed by atoms with Crippen molar-refractivity contribution in [1.29, 1.82) is 0 Å². The Bertz CT molecular complexity index is 177. The summed E-state index contributed by atoms with van der Waals surface area (Å²) in [6, 6.07) is 0. The van der Waals surface area contributed by atoms with E-state index < -0.39 is 5.41 Å². The maximum Gasteiger partial charge on any atom is 0.314 e. The van der Waals surface area contributed by atoms with Crippen molar-refractivity contribution in [1.82, 2.24) is 0 Å². The maximum absolute atomic E-state index is 11.8. The van der Waals surface area contributed by atoms with Gasteiger partial charge in [-0.2, -0.15) is 0 Å². The van der Waals surface area contributed by atoms with Crippen molar-refractivity contribution >= 4 is 5.97 Å². The van der Waals surface area contributed by atoms with Crippen molar-refractivity contribution in [3.8, 4) is 0 Å². The Balaban J connectivity index is 4.73. The molecule has 0 aliphatic carbocycles. The summed E-state index contributed by atoms with van der Waals surface area (Å²) in [5.74, 6) is 0.0888. The predicted octanol–water partition coefficient (Wildman–Crippen LogP) is 2.25. The van der Waals surface area contributed by atoms with Crippen LogP contribution in [0.15, 0.2) is 0 Å². The third-order valence-corrected chi connectivity index (χ3v) is 2.82. The second kappa shape index (κ2) is 6.02. The normalized spacial score (nSPS) is 15.3. The average molecular weight is 202 g/mol. The van der Waals surface area contributed by atoms with Gasteiger partial charge in [-0.3, -0.25) is 4.79 Å². The Morgan fingerprint density at radius 2 is 1.93 bits per heavy atom. The van der Waals surface area contributed by atoms with Gasteiger partial charge in [0.1, 0.15) is 0 Å². The SMILES string of the molecule is CCOC(=O)C(CC)(COC)C(C)C. The Labute approximate surface area is 86.8 Å². The molecule has 0 bridgehead atoms. The van der Waals surface area contributed by atoms with Gasteiger partial charge in [-0.25, -0.2) is 0 Å². The number of hydrogen-bond donors (Lipinski definition) is 0. The summed E-state index contributed by atoms with van der Waals surface area (Å²) in [5.41, 5.74) is -0.481. The molecule has 0 spiro atoms. The van der Waals surface area contributed by atoms with Crippen LogP contribution in [0.1, 0.15) is 34.1 Å². The number of carbonyl (C=O) groups is 1. The fourth-order valence-electron chi connectivity index (χ4n) is 1.65. The minimum atomic E-state index is -0.481. The molecule has 0 rings (SSSR count). The summed E-state index contributed by atoms with van der Waals surface area (Å²) in [6.45, 7) is 8.73. The zero-order chi connectivity index (χ0) is 11.2. The summed E-state index contributed by atoms with van der Waals surface area (Å²) in [7, 11) is 1.62. The number of hydrogen-bond acceptors (Lipinski definition) is 3. The van der Waals surface area contributed by atoms with Crippen LogP contribution in [0.2, 0.25) is 0 Å². The highest BCUT2D eigenvalue weighted by Gasteiger charge is 2.41. The molecule has 3 heteroatoms. The van der Waals surface area contributed by atoms with Gasteiger partial charge < -0.3 is 9.47 Å². The maximum atomic E-state index is 11.8. The molecule has 84 valence electrons. The van der Waals surface area contributed by atoms with Gasteiger partial charge in [0.15, 0.2) is 0 Å². The van der Waals surface area contributed by atoms with Crippen molar-refractivity contribution in [3.05, 3.63) is 0 Å². The van der Waals surface area contributed by atoms with E-state index in [2.05, 4.69) is 0 Å². The first-order valence-corrected chi connectivity index (χ1v) is 5.21. The molecular formula is C11H22O3. The van der Waals surface area contributed by atoms with Gasteiger partial charge in [0.2, 0.25) is 0 Å². The molecule has 1 atom stereocenters. The van der Waals surface area contributed by atoms with Gasteiger partial charge in [0.25, 0.3) is 0 Å². The first-order chi connectivity index (χ1) is 6.55. The Hall–Kier alpha value is -0.570. The molecule has 3 nitrogen and oxygen atoms in total. The molecule has 0 fully saturated rings. The van der Waals surface area contributed by atoms with Crippen LogP contribution in [0, 0.1) is 11.3 Å². The monoisotopic (exact) mass is 202 g/mol. The van der Waals surface area contributed by atoms with E-state index in [1.54, 1.807) is 7.11 Å². The summed E-state index contributed by atoms with van der Waals surface area (Å²) in [5, 5.41) is 0. The van der Waals surface area contributed by atoms with E-state index >= 15 is 0 Å². The van der Waals surface area contributed by atoms with E-state index in [-0.39, 0.29) is 11.9 Å². The van der Waals surface area contributed by atoms with Gasteiger partial charge in [0, 0.05) is 7.11 Å². The molecule has 0 aliphatic rings. The van der Waals surface area contributed by atoms with Crippen molar-refractivity contribution in [2.45, 2.75) is 34.1 Å². The van der Waals surface area contributed by atoms with Gasteiger partial charge in [-0.15, -0.1) is 0 Å². The van der Waals surface area contributed by atoms with E-state index in [0.29, 0.717) is 13.2 Å². The van der Waals surface area contributed by atoms with Crippen molar-refractivity contribution in [2.75, 3.05) is 20.3 Å². The Kier molecular flexibility index (Phi) is 5.77. The van der Waals surface area contributed by atoms with Gasteiger partial charge >= 0.3 is 5.97 Å². The van der Waals surface area contributed by atoms with Crippen LogP contribution in [0.5, 0.6) is 0 Å². The van der Waals surface area contributed by atoms with Crippen LogP contribution < -0.4 is 0 Å². The minimum Gasteiger partial charge on any atom is -0.465 e. The highest BCUT2D eigenvalue weighted by atomic mass is 16.5. The molecule has 0 aromatic carbocycles. The lowest BCUT2D eigenvalue weighted by Crippen LogP contribution is -2.41. The minimum absolute atomic E-state index is 0.139. The lowest BCUT2D eigenvalue weighted by molar-refractivity contribution is -0.163. The number of esters is 1. The zero-order valence-electron chi connectivity index (χ0n) is 9.92. The molecule has 0 saturated carbocycles. The fraction of sp³-hybridized carbons (Fsp3) is 0.909. The second-order valence-corrected chi connectivity index (χ2v) is 3.82. The molecule has 0 radical (unpaired) electrons. The van der Waals surface area contributed by atoms with E-state index in [4.69, 9.17) is 9.47 Å². The standard InChI is InChI=1S/C11H22O3/c1-6-11(8-13-5,9(3)4)10(12)14-7-2/h9H,6-8H2,1-5H3. The zero-order valence-corrected chi connectivity index (χ0v) is 9.92. The number of carbonyl (C=O) groups excluding carboxylic acids is 1. The third-order valence-electron chi connectivity index (χ3n) is 2.82. The van der Waals surface area contributed by atoms with Crippen LogP contribution in [0.3, 0.4) is 0 Å². The number of ether oxygens (including phenoxy) is 2. The molecule has 0 saturated heterocycles. The molecular weight excluding hydrogens is 180 g/mol. The van der Waals surface area contributed by atoms with E-state index in [1.165, 1.54) is 0 Å². The largest absolute Gasteiger partial charge is 0.465 e. The van der Waals surface area contributed by atoms with Crippen molar-refractivity contribution < 1.29 is 14.3 Å². The molecule has 0 aromatic rings. The van der Waals surface area contributed by atoms with Crippen molar-refractivity contribution in [3.63, 3.8) is 0 Å². The molecule has 0 aromatic heterocycles. The summed E-state index contributed by atoms with van der Waals surface area (Å²) >= 11 is 0. The first kappa shape index (κ1) is 13.4.